The lowest BCUT2D eigenvalue weighted by molar-refractivity contribution is 0.671. The van der Waals surface area contributed by atoms with Gasteiger partial charge in [-0.25, -0.2) is 9.97 Å². The molecule has 0 bridgehead atoms. The van der Waals surface area contributed by atoms with Gasteiger partial charge in [0.15, 0.2) is 5.58 Å². The largest absolute Gasteiger partial charge is 0.454 e. The topological polar surface area (TPSA) is 43.9 Å². The number of nitrogens with zero attached hydrogens (tertiary/aromatic N) is 3. The highest BCUT2D eigenvalue weighted by Crippen LogP contribution is 2.50. The van der Waals surface area contributed by atoms with E-state index in [9.17, 15) is 0 Å². The third kappa shape index (κ3) is 4.29. The van der Waals surface area contributed by atoms with Gasteiger partial charge >= 0.3 is 0 Å². The first-order valence-corrected chi connectivity index (χ1v) is 19.8. The number of para-hydroxylation sites is 2. The Morgan fingerprint density at radius 2 is 0.983 bits per heavy atom. The van der Waals surface area contributed by atoms with Crippen LogP contribution in [0.1, 0.15) is 0 Å². The Balaban J connectivity index is 1.26. The van der Waals surface area contributed by atoms with E-state index in [0.29, 0.717) is 5.95 Å². The van der Waals surface area contributed by atoms with Gasteiger partial charge in [0, 0.05) is 48.7 Å². The predicted molar refractivity (Wildman–Crippen MR) is 242 cm³/mol. The van der Waals surface area contributed by atoms with Crippen molar-refractivity contribution in [1.29, 1.82) is 0 Å². The first-order chi connectivity index (χ1) is 28.8. The van der Waals surface area contributed by atoms with E-state index in [2.05, 4.69) is 193 Å². The summed E-state index contributed by atoms with van der Waals surface area (Å²) < 4.78 is 9.36. The quantitative estimate of drug-likeness (QED) is 0.170. The van der Waals surface area contributed by atoms with Crippen LogP contribution in [0.25, 0.3) is 126 Å². The molecule has 0 radical (unpaired) electrons. The maximum atomic E-state index is 7.09. The third-order valence-corrected chi connectivity index (χ3v) is 12.1. The van der Waals surface area contributed by atoms with Crippen LogP contribution in [0.3, 0.4) is 0 Å². The van der Waals surface area contributed by atoms with Gasteiger partial charge in [-0.15, -0.1) is 0 Å². The fourth-order valence-corrected chi connectivity index (χ4v) is 9.69. The lowest BCUT2D eigenvalue weighted by Gasteiger charge is -2.15. The molecule has 0 saturated carbocycles. The predicted octanol–water partition coefficient (Wildman–Crippen LogP) is 14.6. The van der Waals surface area contributed by atoms with E-state index in [1.165, 1.54) is 32.3 Å². The van der Waals surface area contributed by atoms with Crippen molar-refractivity contribution in [2.45, 2.75) is 0 Å². The van der Waals surface area contributed by atoms with Gasteiger partial charge < -0.3 is 4.42 Å². The van der Waals surface area contributed by atoms with Crippen LogP contribution in [0, 0.1) is 0 Å². The van der Waals surface area contributed by atoms with Crippen molar-refractivity contribution >= 4 is 97.7 Å². The van der Waals surface area contributed by atoms with Gasteiger partial charge in [-0.1, -0.05) is 164 Å². The van der Waals surface area contributed by atoms with Crippen molar-refractivity contribution in [1.82, 2.24) is 14.5 Å². The van der Waals surface area contributed by atoms with Crippen molar-refractivity contribution in [3.05, 3.63) is 188 Å². The second-order valence-electron chi connectivity index (χ2n) is 15.2. The molecule has 0 saturated heterocycles. The number of furan rings is 1. The zero-order chi connectivity index (χ0) is 37.9. The summed E-state index contributed by atoms with van der Waals surface area (Å²) in [7, 11) is 0. The molecule has 10 aromatic carbocycles. The van der Waals surface area contributed by atoms with Crippen molar-refractivity contribution in [3.8, 4) is 28.3 Å². The molecule has 4 heteroatoms. The fourth-order valence-electron chi connectivity index (χ4n) is 9.69. The van der Waals surface area contributed by atoms with Crippen LogP contribution < -0.4 is 0 Å². The summed E-state index contributed by atoms with van der Waals surface area (Å²) in [5.41, 5.74) is 8.78. The van der Waals surface area contributed by atoms with Crippen LogP contribution in [-0.4, -0.2) is 14.5 Å². The lowest BCUT2D eigenvalue weighted by atomic mass is 9.89. The van der Waals surface area contributed by atoms with E-state index in [0.717, 1.165) is 87.8 Å². The van der Waals surface area contributed by atoms with Gasteiger partial charge in [0.05, 0.1) is 16.7 Å². The first kappa shape index (κ1) is 31.4. The number of aromatic nitrogens is 3. The van der Waals surface area contributed by atoms with E-state index in [4.69, 9.17) is 14.4 Å². The average Bonchev–Trinajstić information content (AvgIpc) is 3.86. The Bertz CT molecular complexity index is 3860. The minimum Gasteiger partial charge on any atom is -0.454 e. The highest BCUT2D eigenvalue weighted by molar-refractivity contribution is 6.44. The molecule has 0 aliphatic carbocycles. The summed E-state index contributed by atoms with van der Waals surface area (Å²) >= 11 is 0. The molecule has 268 valence electrons. The molecule has 13 rings (SSSR count). The van der Waals surface area contributed by atoms with Crippen LogP contribution in [0.4, 0.5) is 0 Å². The molecule has 13 aromatic rings. The van der Waals surface area contributed by atoms with E-state index >= 15 is 0 Å². The van der Waals surface area contributed by atoms with E-state index < -0.39 is 0 Å². The number of rotatable bonds is 3. The maximum Gasteiger partial charge on any atom is 0.235 e. The Morgan fingerprint density at radius 3 is 1.78 bits per heavy atom. The monoisotopic (exact) mass is 737 g/mol. The summed E-state index contributed by atoms with van der Waals surface area (Å²) in [6.07, 6.45) is 0. The van der Waals surface area contributed by atoms with Gasteiger partial charge in [-0.3, -0.25) is 4.57 Å². The number of fused-ring (bicyclic) bond motifs is 18. The van der Waals surface area contributed by atoms with Crippen molar-refractivity contribution in [3.63, 3.8) is 0 Å². The van der Waals surface area contributed by atoms with Crippen molar-refractivity contribution < 1.29 is 4.42 Å². The van der Waals surface area contributed by atoms with Crippen LogP contribution in [0.15, 0.2) is 192 Å². The standard InChI is InChI=1S/C54H31N3O/c1-2-15-32(16-3-1)34-18-14-19-35(31-34)50-43-30-29-33-17-4-5-20-36(33)51(43)56-54(55-50)57-44-27-12-10-25-41(44)48-46-39-23-8-6-21-37(39)38-22-7-9-24-40(38)47(46)49-42-26-11-13-28-45(42)58-53(49)52(48)57/h1-31H. The Hall–Kier alpha value is -7.82. The molecule has 0 atom stereocenters. The van der Waals surface area contributed by atoms with Gasteiger partial charge in [0.1, 0.15) is 11.1 Å². The van der Waals surface area contributed by atoms with E-state index in [-0.39, 0.29) is 0 Å². The number of hydrogen-bond donors (Lipinski definition) is 0. The Kier molecular flexibility index (Phi) is 6.41. The lowest BCUT2D eigenvalue weighted by Crippen LogP contribution is -2.04. The van der Waals surface area contributed by atoms with Gasteiger partial charge in [0.2, 0.25) is 5.95 Å². The molecule has 58 heavy (non-hydrogen) atoms. The molecular weight excluding hydrogens is 707 g/mol. The van der Waals surface area contributed by atoms with Gasteiger partial charge in [-0.2, -0.15) is 0 Å². The molecule has 0 spiro atoms. The summed E-state index contributed by atoms with van der Waals surface area (Å²) in [6.45, 7) is 0. The zero-order valence-electron chi connectivity index (χ0n) is 31.1. The molecule has 0 unspecified atom stereocenters. The average molecular weight is 738 g/mol. The second kappa shape index (κ2) is 11.8. The highest BCUT2D eigenvalue weighted by Gasteiger charge is 2.27. The zero-order valence-corrected chi connectivity index (χ0v) is 31.1. The van der Waals surface area contributed by atoms with E-state index in [1.54, 1.807) is 0 Å². The van der Waals surface area contributed by atoms with Crippen LogP contribution in [0.2, 0.25) is 0 Å². The second-order valence-corrected chi connectivity index (χ2v) is 15.2. The molecule has 0 aliphatic rings. The minimum atomic E-state index is 0.598. The Morgan fingerprint density at radius 1 is 0.379 bits per heavy atom. The molecule has 0 N–H and O–H groups in total. The first-order valence-electron chi connectivity index (χ1n) is 19.8. The molecular formula is C54H31N3O. The molecule has 0 aliphatic heterocycles. The fraction of sp³-hybridized carbons (Fsp3) is 0. The third-order valence-electron chi connectivity index (χ3n) is 12.1. The Labute approximate surface area is 331 Å². The molecule has 0 amide bonds. The van der Waals surface area contributed by atoms with Gasteiger partial charge in [-0.05, 0) is 62.3 Å². The summed E-state index contributed by atoms with van der Waals surface area (Å²) in [5.74, 6) is 0.598. The summed E-state index contributed by atoms with van der Waals surface area (Å²) in [4.78, 5) is 11.2. The van der Waals surface area contributed by atoms with Crippen molar-refractivity contribution in [2.24, 2.45) is 0 Å². The number of hydrogen-bond acceptors (Lipinski definition) is 3. The summed E-state index contributed by atoms with van der Waals surface area (Å²) in [5, 5.41) is 15.0. The molecule has 3 aromatic heterocycles. The van der Waals surface area contributed by atoms with E-state index in [1.807, 2.05) is 0 Å². The normalized spacial score (nSPS) is 12.1. The van der Waals surface area contributed by atoms with Crippen LogP contribution >= 0.6 is 0 Å². The smallest absolute Gasteiger partial charge is 0.235 e. The van der Waals surface area contributed by atoms with Gasteiger partial charge in [0.25, 0.3) is 0 Å². The van der Waals surface area contributed by atoms with Crippen LogP contribution in [-0.2, 0) is 0 Å². The minimum absolute atomic E-state index is 0.598. The molecule has 0 fully saturated rings. The van der Waals surface area contributed by atoms with Crippen LogP contribution in [0.5, 0.6) is 0 Å². The molecule has 4 nitrogen and oxygen atoms in total. The molecule has 3 heterocycles. The maximum absolute atomic E-state index is 7.09. The van der Waals surface area contributed by atoms with Crippen molar-refractivity contribution in [2.75, 3.05) is 0 Å². The number of benzene rings is 10. The highest BCUT2D eigenvalue weighted by atomic mass is 16.3. The SMILES string of the molecule is c1ccc(-c2cccc(-c3nc(-n4c5ccccc5c5c6c7ccccc7c7ccccc7c6c6c7ccccc7oc6c54)nc4c3ccc3ccccc34)c2)cc1. The summed E-state index contributed by atoms with van der Waals surface area (Å²) in [6, 6.07) is 66.9.